The number of rotatable bonds is 1. The fraction of sp³-hybridized carbons (Fsp3) is 0.375. The first kappa shape index (κ1) is 8.71. The Kier molecular flexibility index (Phi) is 2.32. The van der Waals surface area contributed by atoms with Gasteiger partial charge in [0.2, 0.25) is 0 Å². The highest BCUT2D eigenvalue weighted by Gasteiger charge is 2.17. The van der Waals surface area contributed by atoms with Crippen molar-refractivity contribution in [3.8, 4) is 6.07 Å². The first-order valence-corrected chi connectivity index (χ1v) is 6.55. The zero-order chi connectivity index (χ0) is 8.48. The SMILES string of the molecule is CC1=CP(=S)(CC#N)C=C1C. The molecule has 3 heteroatoms. The Labute approximate surface area is 72.4 Å². The molecule has 0 saturated heterocycles. The van der Waals surface area contributed by atoms with Gasteiger partial charge in [-0.25, -0.2) is 0 Å². The van der Waals surface area contributed by atoms with Gasteiger partial charge in [-0.15, -0.1) is 0 Å². The number of hydrogen-bond acceptors (Lipinski definition) is 2. The van der Waals surface area contributed by atoms with Gasteiger partial charge in [0.15, 0.2) is 0 Å². The molecule has 0 fully saturated rings. The van der Waals surface area contributed by atoms with Gasteiger partial charge in [-0.05, 0) is 36.6 Å². The fourth-order valence-electron chi connectivity index (χ4n) is 1.10. The second kappa shape index (κ2) is 2.93. The van der Waals surface area contributed by atoms with Gasteiger partial charge in [0.05, 0.1) is 12.2 Å². The van der Waals surface area contributed by atoms with Crippen molar-refractivity contribution in [3.05, 3.63) is 22.8 Å². The van der Waals surface area contributed by atoms with Crippen LogP contribution in [0.4, 0.5) is 0 Å². The summed E-state index contributed by atoms with van der Waals surface area (Å²) < 4.78 is 0. The molecule has 58 valence electrons. The van der Waals surface area contributed by atoms with Crippen LogP contribution in [0.3, 0.4) is 0 Å². The van der Waals surface area contributed by atoms with Crippen LogP contribution in [0.25, 0.3) is 0 Å². The lowest BCUT2D eigenvalue weighted by Crippen LogP contribution is -1.74. The van der Waals surface area contributed by atoms with E-state index in [1.54, 1.807) is 0 Å². The second-order valence-electron chi connectivity index (χ2n) is 2.79. The molecule has 1 rings (SSSR count). The van der Waals surface area contributed by atoms with E-state index in [-0.39, 0.29) is 0 Å². The lowest BCUT2D eigenvalue weighted by molar-refractivity contribution is 1.39. The lowest BCUT2D eigenvalue weighted by atomic mass is 10.2. The van der Waals surface area contributed by atoms with Crippen LogP contribution in [-0.4, -0.2) is 6.16 Å². The van der Waals surface area contributed by atoms with E-state index in [0.29, 0.717) is 6.16 Å². The monoisotopic (exact) mass is 183 g/mol. The average Bonchev–Trinajstić information content (AvgIpc) is 2.08. The van der Waals surface area contributed by atoms with Crippen LogP contribution < -0.4 is 0 Å². The third kappa shape index (κ3) is 1.80. The number of hydrogen-bond donors (Lipinski definition) is 0. The van der Waals surface area contributed by atoms with Crippen molar-refractivity contribution in [1.29, 1.82) is 5.26 Å². The summed E-state index contributed by atoms with van der Waals surface area (Å²) in [6.07, 6.45) is 0.511. The zero-order valence-corrected chi connectivity index (χ0v) is 8.38. The van der Waals surface area contributed by atoms with Crippen molar-refractivity contribution in [1.82, 2.24) is 0 Å². The molecule has 0 aromatic heterocycles. The van der Waals surface area contributed by atoms with Crippen molar-refractivity contribution in [2.24, 2.45) is 0 Å². The molecular formula is C8H10NPS. The van der Waals surface area contributed by atoms with Gasteiger partial charge in [0.25, 0.3) is 0 Å². The van der Waals surface area contributed by atoms with E-state index in [0.717, 1.165) is 0 Å². The highest BCUT2D eigenvalue weighted by Crippen LogP contribution is 2.55. The number of allylic oxidation sites excluding steroid dienone is 2. The summed E-state index contributed by atoms with van der Waals surface area (Å²) in [6.45, 7) is 4.11. The molecule has 0 bridgehead atoms. The van der Waals surface area contributed by atoms with Gasteiger partial charge in [-0.2, -0.15) is 5.26 Å². The first-order valence-electron chi connectivity index (χ1n) is 3.42. The molecule has 1 nitrogen and oxygen atoms in total. The summed E-state index contributed by atoms with van der Waals surface area (Å²) in [7, 11) is 0. The molecule has 0 aromatic rings. The lowest BCUT2D eigenvalue weighted by Gasteiger charge is -2.02. The van der Waals surface area contributed by atoms with E-state index in [9.17, 15) is 0 Å². The molecule has 1 aliphatic heterocycles. The van der Waals surface area contributed by atoms with Gasteiger partial charge in [-0.1, -0.05) is 11.8 Å². The standard InChI is InChI=1S/C8H10NPS/c1-7-5-10(11,4-3-9)6-8(7)2/h5-6H,4H2,1-2H3. The van der Waals surface area contributed by atoms with Crippen molar-refractivity contribution in [3.63, 3.8) is 0 Å². The molecular weight excluding hydrogens is 173 g/mol. The van der Waals surface area contributed by atoms with Crippen LogP contribution in [0.5, 0.6) is 0 Å². The van der Waals surface area contributed by atoms with Crippen molar-refractivity contribution in [2.45, 2.75) is 13.8 Å². The molecule has 0 saturated carbocycles. The fourth-order valence-corrected chi connectivity index (χ4v) is 4.42. The van der Waals surface area contributed by atoms with Gasteiger partial charge < -0.3 is 0 Å². The van der Waals surface area contributed by atoms with Crippen LogP contribution >= 0.6 is 6.04 Å². The predicted molar refractivity (Wildman–Crippen MR) is 52.3 cm³/mol. The van der Waals surface area contributed by atoms with Gasteiger partial charge in [0, 0.05) is 6.04 Å². The van der Waals surface area contributed by atoms with E-state index >= 15 is 0 Å². The topological polar surface area (TPSA) is 23.8 Å². The Morgan fingerprint density at radius 1 is 1.45 bits per heavy atom. The molecule has 0 atom stereocenters. The van der Waals surface area contributed by atoms with Crippen molar-refractivity contribution in [2.75, 3.05) is 6.16 Å². The summed E-state index contributed by atoms with van der Waals surface area (Å²) >= 11 is 5.36. The van der Waals surface area contributed by atoms with E-state index in [4.69, 9.17) is 17.1 Å². The van der Waals surface area contributed by atoms with Gasteiger partial charge in [-0.3, -0.25) is 0 Å². The summed E-state index contributed by atoms with van der Waals surface area (Å²) in [5.41, 5.74) is 2.51. The minimum absolute atomic E-state index is 0.511. The van der Waals surface area contributed by atoms with Gasteiger partial charge in [0.1, 0.15) is 0 Å². The van der Waals surface area contributed by atoms with Gasteiger partial charge >= 0.3 is 0 Å². The van der Waals surface area contributed by atoms with Crippen molar-refractivity contribution < 1.29 is 0 Å². The van der Waals surface area contributed by atoms with E-state index < -0.39 is 6.04 Å². The quantitative estimate of drug-likeness (QED) is 0.583. The predicted octanol–water partition coefficient (Wildman–Crippen LogP) is 2.81. The second-order valence-corrected chi connectivity index (χ2v) is 7.37. The molecule has 0 aliphatic carbocycles. The van der Waals surface area contributed by atoms with E-state index in [1.807, 2.05) is 0 Å². The molecule has 0 aromatic carbocycles. The highest BCUT2D eigenvalue weighted by atomic mass is 32.4. The van der Waals surface area contributed by atoms with Crippen LogP contribution in [0.2, 0.25) is 0 Å². The van der Waals surface area contributed by atoms with Crippen molar-refractivity contribution >= 4 is 17.8 Å². The van der Waals surface area contributed by atoms with Crippen LogP contribution in [0.15, 0.2) is 22.8 Å². The highest BCUT2D eigenvalue weighted by molar-refractivity contribution is 8.17. The smallest absolute Gasteiger partial charge is 0.0708 e. The Balaban J connectivity index is 2.99. The Hall–Kier alpha value is -0.380. The number of nitrogens with zero attached hydrogens (tertiary/aromatic N) is 1. The molecule has 0 N–H and O–H groups in total. The Morgan fingerprint density at radius 2 is 1.91 bits per heavy atom. The minimum Gasteiger partial charge on any atom is -0.198 e. The molecule has 1 aliphatic rings. The van der Waals surface area contributed by atoms with Crippen LogP contribution in [0.1, 0.15) is 13.8 Å². The average molecular weight is 183 g/mol. The minimum atomic E-state index is -1.53. The van der Waals surface area contributed by atoms with Crippen LogP contribution in [0, 0.1) is 11.3 Å². The molecule has 0 unspecified atom stereocenters. The summed E-state index contributed by atoms with van der Waals surface area (Å²) in [5.74, 6) is 4.20. The molecule has 0 radical (unpaired) electrons. The Bertz CT molecular complexity index is 297. The normalized spacial score (nSPS) is 20.5. The summed E-state index contributed by atoms with van der Waals surface area (Å²) in [5, 5.41) is 8.52. The largest absolute Gasteiger partial charge is 0.198 e. The molecule has 11 heavy (non-hydrogen) atoms. The summed E-state index contributed by atoms with van der Waals surface area (Å²) in [4.78, 5) is 0. The molecule has 0 amide bonds. The third-order valence-corrected chi connectivity index (χ3v) is 5.07. The Morgan fingerprint density at radius 3 is 2.27 bits per heavy atom. The van der Waals surface area contributed by atoms with E-state index in [1.165, 1.54) is 11.1 Å². The third-order valence-electron chi connectivity index (χ3n) is 1.76. The van der Waals surface area contributed by atoms with E-state index in [2.05, 4.69) is 31.6 Å². The summed E-state index contributed by atoms with van der Waals surface area (Å²) in [6, 6.07) is 0.613. The number of nitriles is 1. The maximum atomic E-state index is 8.52. The maximum Gasteiger partial charge on any atom is 0.0708 e. The first-order chi connectivity index (χ1) is 5.07. The maximum absolute atomic E-state index is 8.52. The zero-order valence-electron chi connectivity index (χ0n) is 6.66. The molecule has 0 spiro atoms. The van der Waals surface area contributed by atoms with Crippen LogP contribution in [-0.2, 0) is 11.8 Å². The molecule has 1 heterocycles.